The number of carbonyl (C=O) groups is 1. The van der Waals surface area contributed by atoms with E-state index in [9.17, 15) is 4.79 Å². The molecule has 0 saturated carbocycles. The van der Waals surface area contributed by atoms with Gasteiger partial charge in [-0.3, -0.25) is 0 Å². The monoisotopic (exact) mass is 226 g/mol. The Balaban J connectivity index is 4.56. The van der Waals surface area contributed by atoms with Crippen LogP contribution < -0.4 is 0 Å². The summed E-state index contributed by atoms with van der Waals surface area (Å²) in [6.07, 6.45) is 1.89. The standard InChI is InChI=1S/C13H24NO2/c1-6-10-14(7-2,8-3)11-12(5)13(15)16-9-4/h6H,1,5,7-11H2,2-4H3/q+1. The number of hydrogen-bond donors (Lipinski definition) is 0. The van der Waals surface area contributed by atoms with Crippen LogP contribution in [0.25, 0.3) is 0 Å². The fourth-order valence-corrected chi connectivity index (χ4v) is 1.75. The maximum Gasteiger partial charge on any atom is 0.339 e. The largest absolute Gasteiger partial charge is 0.462 e. The Hall–Kier alpha value is -1.09. The first-order chi connectivity index (χ1) is 7.55. The lowest BCUT2D eigenvalue weighted by atomic mass is 10.2. The highest BCUT2D eigenvalue weighted by Gasteiger charge is 2.25. The first-order valence-corrected chi connectivity index (χ1v) is 5.86. The zero-order valence-electron chi connectivity index (χ0n) is 10.8. The van der Waals surface area contributed by atoms with E-state index in [0.29, 0.717) is 18.7 Å². The molecule has 0 radical (unpaired) electrons. The summed E-state index contributed by atoms with van der Waals surface area (Å²) >= 11 is 0. The van der Waals surface area contributed by atoms with Crippen molar-refractivity contribution in [2.75, 3.05) is 32.8 Å². The molecule has 0 aromatic heterocycles. The van der Waals surface area contributed by atoms with Crippen molar-refractivity contribution in [2.24, 2.45) is 0 Å². The molecule has 16 heavy (non-hydrogen) atoms. The second-order valence-corrected chi connectivity index (χ2v) is 3.93. The van der Waals surface area contributed by atoms with Gasteiger partial charge in [-0.05, 0) is 26.8 Å². The van der Waals surface area contributed by atoms with Crippen LogP contribution in [0.4, 0.5) is 0 Å². The zero-order chi connectivity index (χ0) is 12.6. The van der Waals surface area contributed by atoms with Gasteiger partial charge in [0.1, 0.15) is 6.54 Å². The number of rotatable bonds is 8. The third kappa shape index (κ3) is 4.19. The Bertz CT molecular complexity index is 255. The molecule has 0 rings (SSSR count). The second kappa shape index (κ2) is 7.23. The summed E-state index contributed by atoms with van der Waals surface area (Å²) < 4.78 is 5.75. The Morgan fingerprint density at radius 1 is 1.31 bits per heavy atom. The molecule has 3 heteroatoms. The van der Waals surface area contributed by atoms with Gasteiger partial charge in [-0.15, -0.1) is 0 Å². The van der Waals surface area contributed by atoms with Gasteiger partial charge in [0.05, 0.1) is 31.8 Å². The zero-order valence-corrected chi connectivity index (χ0v) is 10.8. The van der Waals surface area contributed by atoms with Crippen LogP contribution in [0.2, 0.25) is 0 Å². The fourth-order valence-electron chi connectivity index (χ4n) is 1.75. The molecule has 0 aliphatic rings. The third-order valence-corrected chi connectivity index (χ3v) is 2.95. The molecule has 0 aromatic carbocycles. The molecule has 0 unspecified atom stereocenters. The minimum Gasteiger partial charge on any atom is -0.462 e. The molecule has 0 spiro atoms. The van der Waals surface area contributed by atoms with Crippen LogP contribution >= 0.6 is 0 Å². The summed E-state index contributed by atoms with van der Waals surface area (Å²) in [5.74, 6) is -0.282. The number of ether oxygens (including phenoxy) is 1. The van der Waals surface area contributed by atoms with Crippen molar-refractivity contribution in [3.05, 3.63) is 24.8 Å². The first-order valence-electron chi connectivity index (χ1n) is 5.86. The van der Waals surface area contributed by atoms with Gasteiger partial charge in [0.25, 0.3) is 0 Å². The average Bonchev–Trinajstić information content (AvgIpc) is 2.28. The number of esters is 1. The van der Waals surface area contributed by atoms with E-state index in [-0.39, 0.29) is 5.97 Å². The maximum absolute atomic E-state index is 11.5. The van der Waals surface area contributed by atoms with Crippen molar-refractivity contribution in [1.82, 2.24) is 0 Å². The van der Waals surface area contributed by atoms with Gasteiger partial charge < -0.3 is 9.22 Å². The van der Waals surface area contributed by atoms with Gasteiger partial charge in [-0.1, -0.05) is 13.2 Å². The van der Waals surface area contributed by atoms with E-state index in [1.54, 1.807) is 6.92 Å². The van der Waals surface area contributed by atoms with E-state index in [2.05, 4.69) is 27.0 Å². The van der Waals surface area contributed by atoms with Crippen LogP contribution in [0, 0.1) is 0 Å². The van der Waals surface area contributed by atoms with Crippen molar-refractivity contribution in [3.8, 4) is 0 Å². The summed E-state index contributed by atoms with van der Waals surface area (Å²) in [6, 6.07) is 0. The van der Waals surface area contributed by atoms with E-state index in [1.807, 2.05) is 6.08 Å². The van der Waals surface area contributed by atoms with E-state index < -0.39 is 0 Å². The Morgan fingerprint density at radius 2 is 1.88 bits per heavy atom. The van der Waals surface area contributed by atoms with Crippen molar-refractivity contribution in [2.45, 2.75) is 20.8 Å². The first kappa shape index (κ1) is 14.9. The molecule has 0 aliphatic carbocycles. The van der Waals surface area contributed by atoms with Gasteiger partial charge in [0.15, 0.2) is 0 Å². The van der Waals surface area contributed by atoms with Crippen molar-refractivity contribution in [1.29, 1.82) is 0 Å². The van der Waals surface area contributed by atoms with E-state index in [0.717, 1.165) is 24.1 Å². The highest BCUT2D eigenvalue weighted by Crippen LogP contribution is 2.11. The Labute approximate surface area is 99.0 Å². The predicted molar refractivity (Wildman–Crippen MR) is 67.0 cm³/mol. The molecule has 0 aliphatic heterocycles. The van der Waals surface area contributed by atoms with Gasteiger partial charge >= 0.3 is 5.97 Å². The number of quaternary nitrogens is 1. The molecule has 0 atom stereocenters. The third-order valence-electron chi connectivity index (χ3n) is 2.95. The van der Waals surface area contributed by atoms with E-state index >= 15 is 0 Å². The Kier molecular flexibility index (Phi) is 6.74. The average molecular weight is 226 g/mol. The summed E-state index contributed by atoms with van der Waals surface area (Å²) in [7, 11) is 0. The van der Waals surface area contributed by atoms with Gasteiger partial charge in [0, 0.05) is 0 Å². The van der Waals surface area contributed by atoms with Crippen molar-refractivity contribution < 1.29 is 14.0 Å². The van der Waals surface area contributed by atoms with Gasteiger partial charge in [0.2, 0.25) is 0 Å². The molecule has 92 valence electrons. The molecule has 0 amide bonds. The fraction of sp³-hybridized carbons (Fsp3) is 0.615. The number of likely N-dealkylation sites (N-methyl/N-ethyl adjacent to an activating group) is 1. The highest BCUT2D eigenvalue weighted by molar-refractivity contribution is 5.87. The second-order valence-electron chi connectivity index (χ2n) is 3.93. The van der Waals surface area contributed by atoms with E-state index in [4.69, 9.17) is 4.74 Å². The molecule has 0 N–H and O–H groups in total. The lowest BCUT2D eigenvalue weighted by Gasteiger charge is -2.36. The molecule has 0 heterocycles. The molecule has 0 bridgehead atoms. The number of hydrogen-bond acceptors (Lipinski definition) is 2. The van der Waals surface area contributed by atoms with Crippen LogP contribution in [0.1, 0.15) is 20.8 Å². The molecule has 0 saturated heterocycles. The molecular weight excluding hydrogens is 202 g/mol. The van der Waals surface area contributed by atoms with Crippen LogP contribution in [0.15, 0.2) is 24.8 Å². The smallest absolute Gasteiger partial charge is 0.339 e. The van der Waals surface area contributed by atoms with Crippen LogP contribution in [-0.2, 0) is 9.53 Å². The van der Waals surface area contributed by atoms with Gasteiger partial charge in [-0.2, -0.15) is 0 Å². The number of carbonyl (C=O) groups excluding carboxylic acids is 1. The molecule has 3 nitrogen and oxygen atoms in total. The van der Waals surface area contributed by atoms with Crippen LogP contribution in [0.5, 0.6) is 0 Å². The Morgan fingerprint density at radius 3 is 2.25 bits per heavy atom. The van der Waals surface area contributed by atoms with Crippen LogP contribution in [0.3, 0.4) is 0 Å². The summed E-state index contributed by atoms with van der Waals surface area (Å²) in [5.41, 5.74) is 0.549. The summed E-state index contributed by atoms with van der Waals surface area (Å²) in [4.78, 5) is 11.5. The SMILES string of the molecule is C=CC[N+](CC)(CC)CC(=C)C(=O)OCC. The topological polar surface area (TPSA) is 26.3 Å². The number of nitrogens with zero attached hydrogens (tertiary/aromatic N) is 1. The highest BCUT2D eigenvalue weighted by atomic mass is 16.5. The van der Waals surface area contributed by atoms with Crippen molar-refractivity contribution in [3.63, 3.8) is 0 Å². The normalized spacial score (nSPS) is 10.9. The quantitative estimate of drug-likeness (QED) is 0.274. The summed E-state index contributed by atoms with van der Waals surface area (Å²) in [5, 5.41) is 0. The minimum absolute atomic E-state index is 0.282. The maximum atomic E-state index is 11.5. The summed E-state index contributed by atoms with van der Waals surface area (Å²) in [6.45, 7) is 17.4. The van der Waals surface area contributed by atoms with Crippen LogP contribution in [-0.4, -0.2) is 43.2 Å². The minimum atomic E-state index is -0.282. The van der Waals surface area contributed by atoms with Crippen molar-refractivity contribution >= 4 is 5.97 Å². The van der Waals surface area contributed by atoms with E-state index in [1.165, 1.54) is 0 Å². The lowest BCUT2D eigenvalue weighted by molar-refractivity contribution is -0.914. The predicted octanol–water partition coefficient (Wildman–Crippen LogP) is 2.15. The molecule has 0 fully saturated rings. The molecule has 0 aromatic rings. The van der Waals surface area contributed by atoms with Gasteiger partial charge in [-0.25, -0.2) is 4.79 Å². The molecular formula is C13H24NO2+. The lowest BCUT2D eigenvalue weighted by Crippen LogP contribution is -2.49.